The van der Waals surface area contributed by atoms with Crippen LogP contribution < -0.4 is 0 Å². The fourth-order valence-electron chi connectivity index (χ4n) is 2.82. The van der Waals surface area contributed by atoms with Gasteiger partial charge in [0.1, 0.15) is 6.61 Å². The largest absolute Gasteiger partial charge is 0.447 e. The topological polar surface area (TPSA) is 46.6 Å². The van der Waals surface area contributed by atoms with Gasteiger partial charge in [-0.15, -0.1) is 0 Å². The van der Waals surface area contributed by atoms with E-state index in [0.29, 0.717) is 13.0 Å². The van der Waals surface area contributed by atoms with E-state index in [-0.39, 0.29) is 23.3 Å². The van der Waals surface area contributed by atoms with Crippen LogP contribution in [0.4, 0.5) is 4.79 Å². The summed E-state index contributed by atoms with van der Waals surface area (Å²) in [5.74, 6) is -0.107. The Kier molecular flexibility index (Phi) is 3.04. The molecule has 2 aliphatic rings. The Bertz CT molecular complexity index is 538. The second-order valence-corrected chi connectivity index (χ2v) is 6.37. The third-order valence-corrected chi connectivity index (χ3v) is 4.32. The van der Waals surface area contributed by atoms with Crippen molar-refractivity contribution in [2.24, 2.45) is 11.3 Å². The minimum Gasteiger partial charge on any atom is -0.447 e. The van der Waals surface area contributed by atoms with Crippen LogP contribution in [0, 0.1) is 11.3 Å². The van der Waals surface area contributed by atoms with Crippen molar-refractivity contribution in [3.05, 3.63) is 35.9 Å². The molecule has 1 aromatic carbocycles. The Morgan fingerprint density at radius 3 is 2.60 bits per heavy atom. The highest BCUT2D eigenvalue weighted by atomic mass is 16.6. The predicted molar refractivity (Wildman–Crippen MR) is 74.0 cm³/mol. The molecule has 106 valence electrons. The number of rotatable bonds is 3. The number of imide groups is 1. The van der Waals surface area contributed by atoms with Crippen molar-refractivity contribution in [3.63, 3.8) is 0 Å². The Labute approximate surface area is 118 Å². The summed E-state index contributed by atoms with van der Waals surface area (Å²) in [6.45, 7) is 4.42. The molecular formula is C16H19NO3. The van der Waals surface area contributed by atoms with Gasteiger partial charge in [-0.05, 0) is 23.8 Å². The maximum Gasteiger partial charge on any atom is 0.416 e. The maximum absolute atomic E-state index is 12.5. The van der Waals surface area contributed by atoms with Gasteiger partial charge in [0.2, 0.25) is 5.91 Å². The van der Waals surface area contributed by atoms with E-state index in [2.05, 4.69) is 13.8 Å². The van der Waals surface area contributed by atoms with E-state index in [1.165, 1.54) is 4.90 Å². The van der Waals surface area contributed by atoms with Crippen LogP contribution in [0.2, 0.25) is 0 Å². The van der Waals surface area contributed by atoms with Gasteiger partial charge in [0.25, 0.3) is 0 Å². The molecule has 0 bridgehead atoms. The molecule has 1 saturated carbocycles. The molecule has 20 heavy (non-hydrogen) atoms. The van der Waals surface area contributed by atoms with Gasteiger partial charge in [-0.2, -0.15) is 0 Å². The van der Waals surface area contributed by atoms with Crippen molar-refractivity contribution in [2.45, 2.75) is 32.7 Å². The number of cyclic esters (lactones) is 1. The Hall–Kier alpha value is -1.84. The molecule has 1 unspecified atom stereocenters. The van der Waals surface area contributed by atoms with Crippen LogP contribution in [0.5, 0.6) is 0 Å². The zero-order valence-electron chi connectivity index (χ0n) is 11.8. The number of carbonyl (C=O) groups is 2. The van der Waals surface area contributed by atoms with Gasteiger partial charge in [0.15, 0.2) is 0 Å². The molecule has 0 aromatic heterocycles. The molecule has 1 aromatic rings. The van der Waals surface area contributed by atoms with Gasteiger partial charge < -0.3 is 4.74 Å². The van der Waals surface area contributed by atoms with E-state index < -0.39 is 6.09 Å². The molecular weight excluding hydrogens is 254 g/mol. The maximum atomic E-state index is 12.5. The van der Waals surface area contributed by atoms with Crippen molar-refractivity contribution < 1.29 is 14.3 Å². The highest BCUT2D eigenvalue weighted by Crippen LogP contribution is 2.52. The summed E-state index contributed by atoms with van der Waals surface area (Å²) < 4.78 is 5.08. The summed E-state index contributed by atoms with van der Waals surface area (Å²) >= 11 is 0. The van der Waals surface area contributed by atoms with Gasteiger partial charge in [-0.1, -0.05) is 44.2 Å². The quantitative estimate of drug-likeness (QED) is 0.850. The van der Waals surface area contributed by atoms with Crippen molar-refractivity contribution in [2.75, 3.05) is 6.61 Å². The lowest BCUT2D eigenvalue weighted by Gasteiger charge is -2.20. The summed E-state index contributed by atoms with van der Waals surface area (Å²) in [5.41, 5.74) is 1.14. The van der Waals surface area contributed by atoms with E-state index in [9.17, 15) is 9.59 Å². The summed E-state index contributed by atoms with van der Waals surface area (Å²) in [6.07, 6.45) is 1.03. The van der Waals surface area contributed by atoms with E-state index >= 15 is 0 Å². The fraction of sp³-hybridized carbons (Fsp3) is 0.500. The Morgan fingerprint density at radius 2 is 2.00 bits per heavy atom. The molecule has 2 fully saturated rings. The molecule has 2 atom stereocenters. The van der Waals surface area contributed by atoms with E-state index in [0.717, 1.165) is 12.0 Å². The van der Waals surface area contributed by atoms with Crippen LogP contribution in [0.15, 0.2) is 30.3 Å². The average Bonchev–Trinajstić information content (AvgIpc) is 2.91. The molecule has 1 saturated heterocycles. The number of ether oxygens (including phenoxy) is 1. The van der Waals surface area contributed by atoms with Crippen LogP contribution in [-0.4, -0.2) is 29.5 Å². The van der Waals surface area contributed by atoms with E-state index in [1.54, 1.807) is 0 Å². The number of amides is 2. The van der Waals surface area contributed by atoms with Gasteiger partial charge in [0.05, 0.1) is 6.04 Å². The zero-order valence-corrected chi connectivity index (χ0v) is 11.8. The number of carbonyl (C=O) groups excluding carboxylic acids is 2. The SMILES string of the molecule is CC1(C)CC1C(=O)N1C(=O)OC[C@H]1Cc1ccccc1. The lowest BCUT2D eigenvalue weighted by Crippen LogP contribution is -2.41. The van der Waals surface area contributed by atoms with Gasteiger partial charge in [-0.3, -0.25) is 4.79 Å². The minimum absolute atomic E-state index is 0.0250. The number of benzene rings is 1. The molecule has 1 aliphatic carbocycles. The average molecular weight is 273 g/mol. The second kappa shape index (κ2) is 4.62. The summed E-state index contributed by atoms with van der Waals surface area (Å²) in [4.78, 5) is 25.6. The standard InChI is InChI=1S/C16H19NO3/c1-16(2)9-13(16)14(18)17-12(10-20-15(17)19)8-11-6-4-3-5-7-11/h3-7,12-13H,8-10H2,1-2H3/t12-,13?/m1/s1. The first-order chi connectivity index (χ1) is 9.49. The minimum atomic E-state index is -0.487. The van der Waals surface area contributed by atoms with Crippen molar-refractivity contribution in [3.8, 4) is 0 Å². The normalized spacial score (nSPS) is 27.3. The van der Waals surface area contributed by atoms with Crippen molar-refractivity contribution in [1.82, 2.24) is 4.90 Å². The molecule has 4 heteroatoms. The van der Waals surface area contributed by atoms with Crippen LogP contribution >= 0.6 is 0 Å². The smallest absolute Gasteiger partial charge is 0.416 e. The highest BCUT2D eigenvalue weighted by Gasteiger charge is 2.55. The second-order valence-electron chi connectivity index (χ2n) is 6.37. The van der Waals surface area contributed by atoms with Crippen LogP contribution in [0.1, 0.15) is 25.8 Å². The molecule has 1 aliphatic heterocycles. The molecule has 2 amide bonds. The molecule has 1 heterocycles. The van der Waals surface area contributed by atoms with Crippen LogP contribution in [-0.2, 0) is 16.0 Å². The molecule has 3 rings (SSSR count). The zero-order chi connectivity index (χ0) is 14.3. The van der Waals surface area contributed by atoms with E-state index in [1.807, 2.05) is 30.3 Å². The number of hydrogen-bond donors (Lipinski definition) is 0. The fourth-order valence-corrected chi connectivity index (χ4v) is 2.82. The summed E-state index contributed by atoms with van der Waals surface area (Å²) in [7, 11) is 0. The first-order valence-corrected chi connectivity index (χ1v) is 7.03. The van der Waals surface area contributed by atoms with Gasteiger partial charge in [-0.25, -0.2) is 9.69 Å². The predicted octanol–water partition coefficient (Wildman–Crippen LogP) is 2.62. The lowest BCUT2D eigenvalue weighted by molar-refractivity contribution is -0.131. The molecule has 0 N–H and O–H groups in total. The molecule has 4 nitrogen and oxygen atoms in total. The Balaban J connectivity index is 1.74. The van der Waals surface area contributed by atoms with Crippen LogP contribution in [0.3, 0.4) is 0 Å². The monoisotopic (exact) mass is 273 g/mol. The molecule has 0 spiro atoms. The Morgan fingerprint density at radius 1 is 1.35 bits per heavy atom. The third kappa shape index (κ3) is 2.30. The van der Waals surface area contributed by atoms with Crippen molar-refractivity contribution in [1.29, 1.82) is 0 Å². The number of hydrogen-bond acceptors (Lipinski definition) is 3. The first kappa shape index (κ1) is 13.2. The first-order valence-electron chi connectivity index (χ1n) is 7.03. The third-order valence-electron chi connectivity index (χ3n) is 4.32. The van der Waals surface area contributed by atoms with Gasteiger partial charge >= 0.3 is 6.09 Å². The van der Waals surface area contributed by atoms with Crippen LogP contribution in [0.25, 0.3) is 0 Å². The van der Waals surface area contributed by atoms with Gasteiger partial charge in [0, 0.05) is 5.92 Å². The lowest BCUT2D eigenvalue weighted by atomic mass is 10.0. The number of nitrogens with zero attached hydrogens (tertiary/aromatic N) is 1. The summed E-state index contributed by atoms with van der Waals surface area (Å²) in [5, 5.41) is 0. The molecule has 0 radical (unpaired) electrons. The van der Waals surface area contributed by atoms with E-state index in [4.69, 9.17) is 4.74 Å². The van der Waals surface area contributed by atoms with Crippen molar-refractivity contribution >= 4 is 12.0 Å². The summed E-state index contributed by atoms with van der Waals surface area (Å²) in [6, 6.07) is 9.72. The highest BCUT2D eigenvalue weighted by molar-refractivity contribution is 5.96.